The van der Waals surface area contributed by atoms with Crippen molar-refractivity contribution in [2.24, 2.45) is 0 Å². The lowest BCUT2D eigenvalue weighted by atomic mass is 10.1. The summed E-state index contributed by atoms with van der Waals surface area (Å²) in [6.45, 7) is 2.10. The van der Waals surface area contributed by atoms with Crippen molar-refractivity contribution in [2.75, 3.05) is 0 Å². The zero-order valence-electron chi connectivity index (χ0n) is 32.5. The second-order valence-electron chi connectivity index (χ2n) is 14.6. The Hall–Kier alpha value is -8.32. The molecule has 7 aromatic carbocycles. The van der Waals surface area contributed by atoms with Crippen LogP contribution in [0.5, 0.6) is 11.5 Å². The Kier molecular flexibility index (Phi) is 8.47. The molecule has 282 valence electrons. The molecule has 3 aromatic heterocycles. The van der Waals surface area contributed by atoms with Crippen molar-refractivity contribution >= 4 is 50.6 Å². The number of pyridine rings is 1. The molecular weight excluding hydrogens is 739 g/mol. The molecule has 60 heavy (non-hydrogen) atoms. The van der Waals surface area contributed by atoms with Gasteiger partial charge in [0.15, 0.2) is 17.5 Å². The van der Waals surface area contributed by atoms with Gasteiger partial charge >= 0.3 is 6.01 Å². The third kappa shape index (κ3) is 6.21. The first kappa shape index (κ1) is 34.9. The molecule has 0 N–H and O–H groups in total. The highest BCUT2D eigenvalue weighted by Gasteiger charge is 2.36. The number of para-hydroxylation sites is 3. The molecule has 0 saturated carbocycles. The third-order valence-electron chi connectivity index (χ3n) is 10.8. The number of fused-ring (bicyclic) bond motifs is 4. The van der Waals surface area contributed by atoms with Gasteiger partial charge in [-0.1, -0.05) is 121 Å². The molecule has 11 rings (SSSR count). The Morgan fingerprint density at radius 3 is 1.83 bits per heavy atom. The van der Waals surface area contributed by atoms with Gasteiger partial charge in [0.05, 0.1) is 22.7 Å². The normalized spacial score (nSPS) is 12.0. The van der Waals surface area contributed by atoms with Crippen molar-refractivity contribution in [1.82, 2.24) is 33.7 Å². The summed E-state index contributed by atoms with van der Waals surface area (Å²) < 4.78 is 13.4. The van der Waals surface area contributed by atoms with Crippen molar-refractivity contribution in [2.45, 2.75) is 6.92 Å². The minimum absolute atomic E-state index is 0.495. The van der Waals surface area contributed by atoms with E-state index in [1.807, 2.05) is 103 Å². The molecule has 0 radical (unpaired) electrons. The van der Waals surface area contributed by atoms with Crippen LogP contribution in [0, 0.1) is 6.92 Å². The maximum Gasteiger partial charge on any atom is 0.503 e. The summed E-state index contributed by atoms with van der Waals surface area (Å²) >= 11 is 0. The molecule has 8 heteroatoms. The van der Waals surface area contributed by atoms with Gasteiger partial charge in [-0.05, 0) is 46.4 Å². The first-order valence-corrected chi connectivity index (χ1v) is 19.8. The second kappa shape index (κ2) is 14.6. The van der Waals surface area contributed by atoms with Gasteiger partial charge in [0.2, 0.25) is 11.4 Å². The van der Waals surface area contributed by atoms with Crippen LogP contribution in [0.25, 0.3) is 61.8 Å². The molecule has 0 spiro atoms. The van der Waals surface area contributed by atoms with Gasteiger partial charge in [0, 0.05) is 64.5 Å². The van der Waals surface area contributed by atoms with E-state index in [4.69, 9.17) is 24.7 Å². The summed E-state index contributed by atoms with van der Waals surface area (Å²) in [4.78, 5) is 20.1. The molecule has 0 unspecified atom stereocenters. The van der Waals surface area contributed by atoms with E-state index >= 15 is 0 Å². The van der Waals surface area contributed by atoms with E-state index < -0.39 is 0 Å². The van der Waals surface area contributed by atoms with E-state index in [-0.39, 0.29) is 0 Å². The average Bonchev–Trinajstić information content (AvgIpc) is 3.86. The van der Waals surface area contributed by atoms with Gasteiger partial charge in [-0.2, -0.15) is 0 Å². The van der Waals surface area contributed by atoms with E-state index in [2.05, 4.69) is 118 Å². The number of hydrogen-bond donors (Lipinski definition) is 0. The van der Waals surface area contributed by atoms with E-state index in [9.17, 15) is 0 Å². The molecule has 8 nitrogen and oxygen atoms in total. The fourth-order valence-electron chi connectivity index (χ4n) is 7.87. The molecule has 1 aliphatic rings. The number of rotatable bonds is 8. The highest BCUT2D eigenvalue weighted by Crippen LogP contribution is 2.42. The lowest BCUT2D eigenvalue weighted by Crippen LogP contribution is -2.02. The zero-order chi connectivity index (χ0) is 40.0. The molecule has 1 aliphatic heterocycles. The summed E-state index contributed by atoms with van der Waals surface area (Å²) in [5.74, 6) is 3.66. The SMILES string of the molecule is Cc1ccc([N+]2=C=[N+](c3cccc(Oc4cc5c(cc4-c4nc(-c6ccccc6)nc(-c6ccccc6)n4)c4ccccc4n5-c4ccccn4)c3)c3ccccc32)cc1. The first-order valence-electron chi connectivity index (χ1n) is 19.8. The fraction of sp³-hybridized carbons (Fsp3) is 0.0192. The second-order valence-corrected chi connectivity index (χ2v) is 14.6. The van der Waals surface area contributed by atoms with Crippen LogP contribution in [0.4, 0.5) is 22.7 Å². The molecule has 0 saturated heterocycles. The van der Waals surface area contributed by atoms with Gasteiger partial charge in [0.25, 0.3) is 11.4 Å². The minimum atomic E-state index is 0.495. The summed E-state index contributed by atoms with van der Waals surface area (Å²) in [6.07, 6.45) is 1.82. The van der Waals surface area contributed by atoms with Crippen molar-refractivity contribution in [3.8, 4) is 51.5 Å². The van der Waals surface area contributed by atoms with Crippen molar-refractivity contribution < 1.29 is 4.74 Å². The molecule has 0 fully saturated rings. The standard InChI is InChI=1S/C52H35N7O/c1-35-26-28-38(29-27-35)57-34-58(46-24-11-10-23-45(46)57)39-19-14-20-40(31-39)60-48-33-47-42(41-21-8-9-22-44(41)59(47)49-25-12-13-30-53-49)32-43(48)52-55-50(36-15-4-2-5-16-36)54-51(56-52)37-17-6-3-7-18-37/h2-33H,1H3/q+2. The highest BCUT2D eigenvalue weighted by molar-refractivity contribution is 6.11. The van der Waals surface area contributed by atoms with Crippen LogP contribution < -0.4 is 13.9 Å². The van der Waals surface area contributed by atoms with Crippen LogP contribution >= 0.6 is 0 Å². The number of nitrogens with zero attached hydrogens (tertiary/aromatic N) is 7. The quantitative estimate of drug-likeness (QED) is 0.144. The monoisotopic (exact) mass is 773 g/mol. The topological polar surface area (TPSA) is 71.7 Å². The van der Waals surface area contributed by atoms with Crippen LogP contribution in [-0.2, 0) is 0 Å². The largest absolute Gasteiger partial charge is 0.503 e. The van der Waals surface area contributed by atoms with Gasteiger partial charge in [0.1, 0.15) is 17.3 Å². The van der Waals surface area contributed by atoms with E-state index in [1.165, 1.54) is 5.56 Å². The van der Waals surface area contributed by atoms with E-state index in [1.54, 1.807) is 0 Å². The predicted molar refractivity (Wildman–Crippen MR) is 240 cm³/mol. The lowest BCUT2D eigenvalue weighted by Gasteiger charge is -2.14. The summed E-state index contributed by atoms with van der Waals surface area (Å²) in [5, 5.41) is 2.09. The number of aryl methyl sites for hydroxylation is 1. The van der Waals surface area contributed by atoms with Crippen LogP contribution in [0.3, 0.4) is 0 Å². The average molecular weight is 774 g/mol. The van der Waals surface area contributed by atoms with Gasteiger partial charge < -0.3 is 4.74 Å². The maximum atomic E-state index is 7.06. The smallest absolute Gasteiger partial charge is 0.456 e. The predicted octanol–water partition coefficient (Wildman–Crippen LogP) is 12.3. The molecule has 4 heterocycles. The number of ether oxygens (including phenoxy) is 1. The fourth-order valence-corrected chi connectivity index (χ4v) is 7.87. The molecule has 10 aromatic rings. The number of hydrogen-bond acceptors (Lipinski definition) is 5. The van der Waals surface area contributed by atoms with Gasteiger partial charge in [-0.3, -0.25) is 4.57 Å². The molecule has 0 amide bonds. The first-order chi connectivity index (χ1) is 29.6. The number of aromatic nitrogens is 5. The Morgan fingerprint density at radius 2 is 1.13 bits per heavy atom. The summed E-state index contributed by atoms with van der Waals surface area (Å²) in [6, 6.07) is 67.2. The maximum absolute atomic E-state index is 7.06. The summed E-state index contributed by atoms with van der Waals surface area (Å²) in [7, 11) is 0. The van der Waals surface area contributed by atoms with Crippen molar-refractivity contribution in [3.05, 3.63) is 200 Å². The van der Waals surface area contributed by atoms with Crippen LogP contribution in [0.15, 0.2) is 194 Å². The molecular formula is C52H35N7O+2. The van der Waals surface area contributed by atoms with Crippen LogP contribution in [0.2, 0.25) is 0 Å². The van der Waals surface area contributed by atoms with Crippen molar-refractivity contribution in [3.63, 3.8) is 0 Å². The molecule has 0 atom stereocenters. The van der Waals surface area contributed by atoms with Gasteiger partial charge in [-0.15, -0.1) is 0 Å². The molecule has 0 bridgehead atoms. The minimum Gasteiger partial charge on any atom is -0.456 e. The van der Waals surface area contributed by atoms with Crippen molar-refractivity contribution in [1.29, 1.82) is 0 Å². The Bertz CT molecular complexity index is 3260. The Labute approximate surface area is 346 Å². The van der Waals surface area contributed by atoms with Crippen LogP contribution in [-0.4, -0.2) is 30.5 Å². The highest BCUT2D eigenvalue weighted by atomic mass is 16.5. The summed E-state index contributed by atoms with van der Waals surface area (Å²) in [5.41, 5.74) is 9.67. The number of benzene rings is 7. The zero-order valence-corrected chi connectivity index (χ0v) is 32.5. The Balaban J connectivity index is 1.13. The van der Waals surface area contributed by atoms with Crippen LogP contribution in [0.1, 0.15) is 5.56 Å². The van der Waals surface area contributed by atoms with Gasteiger partial charge in [-0.25, -0.2) is 19.9 Å². The van der Waals surface area contributed by atoms with E-state index in [0.29, 0.717) is 29.0 Å². The third-order valence-corrected chi connectivity index (χ3v) is 10.8. The molecule has 0 aliphatic carbocycles. The Morgan fingerprint density at radius 1 is 0.500 bits per heavy atom. The van der Waals surface area contributed by atoms with E-state index in [0.717, 1.165) is 67.1 Å². The lowest BCUT2D eigenvalue weighted by molar-refractivity contribution is 0.484.